The van der Waals surface area contributed by atoms with Crippen LogP contribution in [-0.4, -0.2) is 50.3 Å². The number of benzene rings is 1. The number of anilines is 1. The summed E-state index contributed by atoms with van der Waals surface area (Å²) in [5.41, 5.74) is 0.575. The molecule has 0 unspecified atom stereocenters. The zero-order chi connectivity index (χ0) is 14.4. The summed E-state index contributed by atoms with van der Waals surface area (Å²) in [6, 6.07) is 4.64. The largest absolute Gasteiger partial charge is 0.379 e. The minimum absolute atomic E-state index is 0.267. The average molecular weight is 318 g/mol. The van der Waals surface area contributed by atoms with Crippen molar-refractivity contribution >= 4 is 34.9 Å². The maximum atomic E-state index is 11.7. The quantitative estimate of drug-likeness (QED) is 0.896. The summed E-state index contributed by atoms with van der Waals surface area (Å²) in [6.45, 7) is 4.73. The third-order valence-electron chi connectivity index (χ3n) is 2.94. The van der Waals surface area contributed by atoms with Crippen molar-refractivity contribution in [3.05, 3.63) is 28.2 Å². The van der Waals surface area contributed by atoms with Crippen LogP contribution in [-0.2, 0) is 4.74 Å². The van der Waals surface area contributed by atoms with Crippen molar-refractivity contribution in [3.8, 4) is 0 Å². The number of hydrogen-bond acceptors (Lipinski definition) is 3. The molecule has 0 aliphatic carbocycles. The summed E-state index contributed by atoms with van der Waals surface area (Å²) >= 11 is 11.7. The lowest BCUT2D eigenvalue weighted by Crippen LogP contribution is -2.42. The Morgan fingerprint density at radius 3 is 2.50 bits per heavy atom. The topological polar surface area (TPSA) is 53.6 Å². The molecule has 2 amide bonds. The second kappa shape index (κ2) is 7.69. The fourth-order valence-electron chi connectivity index (χ4n) is 1.95. The lowest BCUT2D eigenvalue weighted by Gasteiger charge is -2.26. The highest BCUT2D eigenvalue weighted by Gasteiger charge is 2.10. The van der Waals surface area contributed by atoms with Crippen LogP contribution >= 0.6 is 23.2 Å². The Kier molecular flexibility index (Phi) is 5.91. The lowest BCUT2D eigenvalue weighted by molar-refractivity contribution is 0.0388. The number of rotatable bonds is 4. The molecule has 1 aromatic carbocycles. The van der Waals surface area contributed by atoms with Crippen LogP contribution in [0.1, 0.15) is 0 Å². The molecule has 2 rings (SSSR count). The van der Waals surface area contributed by atoms with Gasteiger partial charge in [-0.05, 0) is 18.2 Å². The number of nitrogens with one attached hydrogen (secondary N) is 2. The second-order valence-electron chi connectivity index (χ2n) is 4.49. The van der Waals surface area contributed by atoms with Crippen LogP contribution in [0.2, 0.25) is 10.0 Å². The van der Waals surface area contributed by atoms with Crippen LogP contribution in [0.3, 0.4) is 0 Å². The van der Waals surface area contributed by atoms with Gasteiger partial charge in [-0.25, -0.2) is 4.79 Å². The number of nitrogens with zero attached hydrogens (tertiary/aromatic N) is 1. The van der Waals surface area contributed by atoms with Crippen LogP contribution in [0.25, 0.3) is 0 Å². The fraction of sp³-hybridized carbons (Fsp3) is 0.462. The van der Waals surface area contributed by atoms with Gasteiger partial charge in [0.1, 0.15) is 0 Å². The molecule has 1 aliphatic rings. The van der Waals surface area contributed by atoms with Gasteiger partial charge in [-0.1, -0.05) is 23.2 Å². The van der Waals surface area contributed by atoms with E-state index < -0.39 is 0 Å². The van der Waals surface area contributed by atoms with Crippen molar-refractivity contribution in [1.29, 1.82) is 0 Å². The van der Waals surface area contributed by atoms with Gasteiger partial charge in [0.25, 0.3) is 0 Å². The number of urea groups is 1. The molecule has 0 radical (unpaired) electrons. The van der Waals surface area contributed by atoms with E-state index >= 15 is 0 Å². The van der Waals surface area contributed by atoms with Crippen LogP contribution in [0, 0.1) is 0 Å². The van der Waals surface area contributed by atoms with Gasteiger partial charge in [-0.15, -0.1) is 0 Å². The van der Waals surface area contributed by atoms with E-state index in [2.05, 4.69) is 15.5 Å². The first-order valence-electron chi connectivity index (χ1n) is 6.44. The second-order valence-corrected chi connectivity index (χ2v) is 5.37. The molecule has 1 heterocycles. The van der Waals surface area contributed by atoms with Gasteiger partial charge in [-0.3, -0.25) is 4.90 Å². The molecule has 1 saturated heterocycles. The number of morpholine rings is 1. The highest BCUT2D eigenvalue weighted by atomic mass is 35.5. The molecule has 0 atom stereocenters. The van der Waals surface area contributed by atoms with Gasteiger partial charge >= 0.3 is 6.03 Å². The molecule has 1 fully saturated rings. The molecule has 1 aliphatic heterocycles. The predicted octanol–water partition coefficient (Wildman–Crippen LogP) is 2.45. The molecule has 0 saturated carbocycles. The molecule has 0 bridgehead atoms. The van der Waals surface area contributed by atoms with Crippen LogP contribution < -0.4 is 10.6 Å². The first-order valence-corrected chi connectivity index (χ1v) is 7.20. The molecule has 2 N–H and O–H groups in total. The number of halogens is 2. The van der Waals surface area contributed by atoms with E-state index in [0.29, 0.717) is 22.3 Å². The molecule has 5 nitrogen and oxygen atoms in total. The fourth-order valence-corrected chi connectivity index (χ4v) is 2.48. The third-order valence-corrected chi connectivity index (χ3v) is 3.37. The van der Waals surface area contributed by atoms with E-state index in [1.165, 1.54) is 0 Å². The normalized spacial score (nSPS) is 15.9. The smallest absolute Gasteiger partial charge is 0.319 e. The van der Waals surface area contributed by atoms with E-state index in [1.807, 2.05) is 0 Å². The van der Waals surface area contributed by atoms with Crippen LogP contribution in [0.4, 0.5) is 10.5 Å². The summed E-state index contributed by atoms with van der Waals surface area (Å²) in [6.07, 6.45) is 0. The molecule has 20 heavy (non-hydrogen) atoms. The summed E-state index contributed by atoms with van der Waals surface area (Å²) in [4.78, 5) is 14.0. The van der Waals surface area contributed by atoms with Crippen molar-refractivity contribution in [1.82, 2.24) is 10.2 Å². The SMILES string of the molecule is O=C(NCCN1CCOCC1)Nc1cc(Cl)cc(Cl)c1. The van der Waals surface area contributed by atoms with Crippen LogP contribution in [0.15, 0.2) is 18.2 Å². The number of ether oxygens (including phenoxy) is 1. The molecule has 1 aromatic rings. The van der Waals surface area contributed by atoms with Crippen molar-refractivity contribution in [2.75, 3.05) is 44.7 Å². The van der Waals surface area contributed by atoms with Gasteiger partial charge in [-0.2, -0.15) is 0 Å². The zero-order valence-electron chi connectivity index (χ0n) is 11.0. The van der Waals surface area contributed by atoms with E-state index in [9.17, 15) is 4.79 Å². The minimum Gasteiger partial charge on any atom is -0.379 e. The van der Waals surface area contributed by atoms with Crippen molar-refractivity contribution in [2.24, 2.45) is 0 Å². The number of amides is 2. The van der Waals surface area contributed by atoms with E-state index in [4.69, 9.17) is 27.9 Å². The maximum Gasteiger partial charge on any atom is 0.319 e. The summed E-state index contributed by atoms with van der Waals surface area (Å²) in [5.74, 6) is 0. The molecule has 0 aromatic heterocycles. The Morgan fingerprint density at radius 2 is 1.85 bits per heavy atom. The van der Waals surface area contributed by atoms with Crippen molar-refractivity contribution < 1.29 is 9.53 Å². The maximum absolute atomic E-state index is 11.7. The Morgan fingerprint density at radius 1 is 1.20 bits per heavy atom. The Hall–Kier alpha value is -1.01. The first kappa shape index (κ1) is 15.4. The Labute approximate surface area is 128 Å². The molecule has 7 heteroatoms. The van der Waals surface area contributed by atoms with Gasteiger partial charge in [0.15, 0.2) is 0 Å². The van der Waals surface area contributed by atoms with E-state index in [1.54, 1.807) is 18.2 Å². The monoisotopic (exact) mass is 317 g/mol. The predicted molar refractivity (Wildman–Crippen MR) is 80.7 cm³/mol. The lowest BCUT2D eigenvalue weighted by atomic mass is 10.3. The Balaban J connectivity index is 1.72. The van der Waals surface area contributed by atoms with Gasteiger partial charge in [0.2, 0.25) is 0 Å². The Bertz CT molecular complexity index is 445. The highest BCUT2D eigenvalue weighted by molar-refractivity contribution is 6.35. The average Bonchev–Trinajstić information content (AvgIpc) is 2.38. The number of hydrogen-bond donors (Lipinski definition) is 2. The minimum atomic E-state index is -0.267. The van der Waals surface area contributed by atoms with Crippen molar-refractivity contribution in [3.63, 3.8) is 0 Å². The van der Waals surface area contributed by atoms with E-state index in [0.717, 1.165) is 32.8 Å². The molecule has 110 valence electrons. The van der Waals surface area contributed by atoms with Crippen molar-refractivity contribution in [2.45, 2.75) is 0 Å². The highest BCUT2D eigenvalue weighted by Crippen LogP contribution is 2.22. The summed E-state index contributed by atoms with van der Waals surface area (Å²) in [5, 5.41) is 6.47. The van der Waals surface area contributed by atoms with E-state index in [-0.39, 0.29) is 6.03 Å². The third kappa shape index (κ3) is 5.17. The molecule has 0 spiro atoms. The van der Waals surface area contributed by atoms with Crippen LogP contribution in [0.5, 0.6) is 0 Å². The number of carbonyl (C=O) groups excluding carboxylic acids is 1. The van der Waals surface area contributed by atoms with Gasteiger partial charge in [0.05, 0.1) is 13.2 Å². The van der Waals surface area contributed by atoms with Gasteiger partial charge < -0.3 is 15.4 Å². The standard InChI is InChI=1S/C13H17Cl2N3O2/c14-10-7-11(15)9-12(8-10)17-13(19)16-1-2-18-3-5-20-6-4-18/h7-9H,1-6H2,(H2,16,17,19). The first-order chi connectivity index (χ1) is 9.63. The summed E-state index contributed by atoms with van der Waals surface area (Å²) in [7, 11) is 0. The summed E-state index contributed by atoms with van der Waals surface area (Å²) < 4.78 is 5.26. The number of carbonyl (C=O) groups is 1. The molecular weight excluding hydrogens is 301 g/mol. The molecular formula is C13H17Cl2N3O2. The van der Waals surface area contributed by atoms with Gasteiger partial charge in [0, 0.05) is 41.9 Å². The zero-order valence-corrected chi connectivity index (χ0v) is 12.5.